The minimum atomic E-state index is -0.199. The molecule has 15 heavy (non-hydrogen) atoms. The van der Waals surface area contributed by atoms with Crippen LogP contribution in [0.25, 0.3) is 10.1 Å². The Morgan fingerprint density at radius 1 is 1.40 bits per heavy atom. The van der Waals surface area contributed by atoms with Gasteiger partial charge in [0.25, 0.3) is 0 Å². The maximum Gasteiger partial charge on any atom is 0.0902 e. The molecule has 2 rings (SSSR count). The first-order valence-electron chi connectivity index (χ1n) is 4.69. The molecule has 1 aromatic carbocycles. The van der Waals surface area contributed by atoms with Crippen LogP contribution in [0.4, 0.5) is 0 Å². The second kappa shape index (κ2) is 4.45. The van der Waals surface area contributed by atoms with E-state index < -0.39 is 0 Å². The van der Waals surface area contributed by atoms with Gasteiger partial charge in [-0.25, -0.2) is 0 Å². The third-order valence-corrected chi connectivity index (χ3v) is 3.06. The standard InChI is InChI=1S/C12H11NOS/c1-9(13-14)6-7-11-8-10-4-2-3-5-12(10)15-11/h2-5,8-9,13-14H,1H3. The zero-order chi connectivity index (χ0) is 10.7. The van der Waals surface area contributed by atoms with Crippen LogP contribution in [0.3, 0.4) is 0 Å². The molecule has 1 atom stereocenters. The average Bonchev–Trinajstić information content (AvgIpc) is 2.68. The molecule has 2 aromatic rings. The predicted molar refractivity (Wildman–Crippen MR) is 63.1 cm³/mol. The van der Waals surface area contributed by atoms with Gasteiger partial charge in [0.05, 0.1) is 10.9 Å². The van der Waals surface area contributed by atoms with Gasteiger partial charge in [0.2, 0.25) is 0 Å². The number of thiophene rings is 1. The largest absolute Gasteiger partial charge is 0.316 e. The van der Waals surface area contributed by atoms with Crippen molar-refractivity contribution in [2.45, 2.75) is 13.0 Å². The zero-order valence-corrected chi connectivity index (χ0v) is 9.14. The number of hydrogen-bond acceptors (Lipinski definition) is 3. The lowest BCUT2D eigenvalue weighted by Crippen LogP contribution is -2.19. The maximum absolute atomic E-state index is 8.60. The first kappa shape index (κ1) is 10.2. The van der Waals surface area contributed by atoms with Gasteiger partial charge in [0.15, 0.2) is 0 Å². The van der Waals surface area contributed by atoms with Crippen LogP contribution < -0.4 is 5.48 Å². The molecule has 76 valence electrons. The van der Waals surface area contributed by atoms with Gasteiger partial charge in [0, 0.05) is 4.70 Å². The monoisotopic (exact) mass is 217 g/mol. The van der Waals surface area contributed by atoms with Crippen molar-refractivity contribution < 1.29 is 5.21 Å². The Labute approximate surface area is 92.5 Å². The third-order valence-electron chi connectivity index (χ3n) is 2.03. The fraction of sp³-hybridized carbons (Fsp3) is 0.167. The van der Waals surface area contributed by atoms with Crippen LogP contribution in [-0.4, -0.2) is 11.2 Å². The Hall–Kier alpha value is -1.34. The SMILES string of the molecule is CC(C#Cc1cc2ccccc2s1)NO. The van der Waals surface area contributed by atoms with Crippen LogP contribution in [0, 0.1) is 11.8 Å². The number of hydroxylamine groups is 1. The van der Waals surface area contributed by atoms with E-state index in [4.69, 9.17) is 5.21 Å². The average molecular weight is 217 g/mol. The lowest BCUT2D eigenvalue weighted by molar-refractivity contribution is 0.152. The van der Waals surface area contributed by atoms with Gasteiger partial charge in [-0.3, -0.25) is 0 Å². The Morgan fingerprint density at radius 2 is 2.20 bits per heavy atom. The van der Waals surface area contributed by atoms with Gasteiger partial charge in [-0.15, -0.1) is 11.3 Å². The van der Waals surface area contributed by atoms with Crippen molar-refractivity contribution in [1.82, 2.24) is 5.48 Å². The number of nitrogens with one attached hydrogen (secondary N) is 1. The number of benzene rings is 1. The van der Waals surface area contributed by atoms with Gasteiger partial charge >= 0.3 is 0 Å². The Morgan fingerprint density at radius 3 is 2.93 bits per heavy atom. The van der Waals surface area contributed by atoms with E-state index in [1.165, 1.54) is 10.1 Å². The Balaban J connectivity index is 2.32. The van der Waals surface area contributed by atoms with Crippen molar-refractivity contribution in [3.8, 4) is 11.8 Å². The van der Waals surface area contributed by atoms with Crippen molar-refractivity contribution in [1.29, 1.82) is 0 Å². The molecule has 2 N–H and O–H groups in total. The molecule has 0 saturated heterocycles. The summed E-state index contributed by atoms with van der Waals surface area (Å²) >= 11 is 1.67. The lowest BCUT2D eigenvalue weighted by atomic mass is 10.2. The summed E-state index contributed by atoms with van der Waals surface area (Å²) in [6.07, 6.45) is 0. The van der Waals surface area contributed by atoms with Gasteiger partial charge in [-0.05, 0) is 24.4 Å². The van der Waals surface area contributed by atoms with E-state index in [1.807, 2.05) is 12.1 Å². The minimum Gasteiger partial charge on any atom is -0.316 e. The van der Waals surface area contributed by atoms with Crippen molar-refractivity contribution in [2.75, 3.05) is 0 Å². The topological polar surface area (TPSA) is 32.3 Å². The quantitative estimate of drug-likeness (QED) is 0.568. The van der Waals surface area contributed by atoms with Crippen molar-refractivity contribution >= 4 is 21.4 Å². The highest BCUT2D eigenvalue weighted by Crippen LogP contribution is 2.24. The van der Waals surface area contributed by atoms with Crippen LogP contribution in [0.5, 0.6) is 0 Å². The summed E-state index contributed by atoms with van der Waals surface area (Å²) in [5.74, 6) is 5.94. The molecule has 3 heteroatoms. The fourth-order valence-corrected chi connectivity index (χ4v) is 2.18. The number of fused-ring (bicyclic) bond motifs is 1. The highest BCUT2D eigenvalue weighted by Gasteiger charge is 1.97. The molecule has 0 saturated carbocycles. The predicted octanol–water partition coefficient (Wildman–Crippen LogP) is 2.62. The van der Waals surface area contributed by atoms with Crippen LogP contribution >= 0.6 is 11.3 Å². The van der Waals surface area contributed by atoms with Crippen LogP contribution in [0.15, 0.2) is 30.3 Å². The van der Waals surface area contributed by atoms with Gasteiger partial charge in [-0.1, -0.05) is 30.0 Å². The third kappa shape index (κ3) is 2.37. The van der Waals surface area contributed by atoms with E-state index in [-0.39, 0.29) is 6.04 Å². The molecule has 1 heterocycles. The molecule has 0 radical (unpaired) electrons. The first-order valence-corrected chi connectivity index (χ1v) is 5.51. The van der Waals surface area contributed by atoms with E-state index >= 15 is 0 Å². The Bertz CT molecular complexity index is 488. The van der Waals surface area contributed by atoms with Gasteiger partial charge in [-0.2, -0.15) is 5.48 Å². The second-order valence-electron chi connectivity index (χ2n) is 3.27. The molecule has 0 bridgehead atoms. The maximum atomic E-state index is 8.60. The van der Waals surface area contributed by atoms with Crippen LogP contribution in [-0.2, 0) is 0 Å². The van der Waals surface area contributed by atoms with Gasteiger partial charge in [0.1, 0.15) is 0 Å². The molecule has 0 fully saturated rings. The Kier molecular flexibility index (Phi) is 3.02. The highest BCUT2D eigenvalue weighted by molar-refractivity contribution is 7.19. The molecule has 0 spiro atoms. The van der Waals surface area contributed by atoms with E-state index in [0.29, 0.717) is 0 Å². The second-order valence-corrected chi connectivity index (χ2v) is 4.35. The molecule has 0 aliphatic heterocycles. The summed E-state index contributed by atoms with van der Waals surface area (Å²) in [4.78, 5) is 1.03. The van der Waals surface area contributed by atoms with E-state index in [0.717, 1.165) is 4.88 Å². The van der Waals surface area contributed by atoms with Crippen molar-refractivity contribution in [3.05, 3.63) is 35.2 Å². The first-order chi connectivity index (χ1) is 7.29. The highest BCUT2D eigenvalue weighted by atomic mass is 32.1. The lowest BCUT2D eigenvalue weighted by Gasteiger charge is -1.95. The van der Waals surface area contributed by atoms with E-state index in [1.54, 1.807) is 18.3 Å². The van der Waals surface area contributed by atoms with Crippen LogP contribution in [0.2, 0.25) is 0 Å². The summed E-state index contributed by atoms with van der Waals surface area (Å²) in [6.45, 7) is 1.81. The number of rotatable bonds is 1. The van der Waals surface area contributed by atoms with E-state index in [9.17, 15) is 0 Å². The van der Waals surface area contributed by atoms with Gasteiger partial charge < -0.3 is 5.21 Å². The molecule has 0 amide bonds. The molecule has 2 nitrogen and oxygen atoms in total. The molecule has 0 aliphatic rings. The van der Waals surface area contributed by atoms with Crippen molar-refractivity contribution in [3.63, 3.8) is 0 Å². The zero-order valence-electron chi connectivity index (χ0n) is 8.32. The smallest absolute Gasteiger partial charge is 0.0902 e. The number of hydrogen-bond donors (Lipinski definition) is 2. The van der Waals surface area contributed by atoms with Crippen molar-refractivity contribution in [2.24, 2.45) is 0 Å². The normalized spacial score (nSPS) is 12.1. The summed E-state index contributed by atoms with van der Waals surface area (Å²) in [7, 11) is 0. The minimum absolute atomic E-state index is 0.199. The molecule has 0 aliphatic carbocycles. The molecular weight excluding hydrogens is 206 g/mol. The summed E-state index contributed by atoms with van der Waals surface area (Å²) < 4.78 is 1.24. The summed E-state index contributed by atoms with van der Waals surface area (Å²) in [6, 6.07) is 10.1. The summed E-state index contributed by atoms with van der Waals surface area (Å²) in [5, 5.41) is 9.82. The van der Waals surface area contributed by atoms with E-state index in [2.05, 4.69) is 35.5 Å². The summed E-state index contributed by atoms with van der Waals surface area (Å²) in [5.41, 5.74) is 2.10. The molecular formula is C12H11NOS. The molecule has 1 unspecified atom stereocenters. The molecule has 1 aromatic heterocycles. The fourth-order valence-electron chi connectivity index (χ4n) is 1.26. The van der Waals surface area contributed by atoms with Crippen LogP contribution in [0.1, 0.15) is 11.8 Å².